The molecule has 3 aliphatic rings. The van der Waals surface area contributed by atoms with Gasteiger partial charge in [0.05, 0.1) is 36.1 Å². The average molecular weight is 455 g/mol. The van der Waals surface area contributed by atoms with Crippen LogP contribution in [0.4, 0.5) is 10.1 Å². The highest BCUT2D eigenvalue weighted by Crippen LogP contribution is 2.49. The van der Waals surface area contributed by atoms with Crippen molar-refractivity contribution in [2.45, 2.75) is 12.1 Å². The monoisotopic (exact) mass is 454 g/mol. The van der Waals surface area contributed by atoms with Crippen LogP contribution >= 0.6 is 11.6 Å². The normalized spacial score (nSPS) is 25.7. The molecular weight excluding hydrogens is 435 g/mol. The maximum atomic E-state index is 13.9. The summed E-state index contributed by atoms with van der Waals surface area (Å²) in [7, 11) is 1.50. The minimum Gasteiger partial charge on any atom is -0.383 e. The summed E-state index contributed by atoms with van der Waals surface area (Å²) in [6.07, 6.45) is 3.53. The molecule has 32 heavy (non-hydrogen) atoms. The number of ether oxygens (including phenoxy) is 1. The van der Waals surface area contributed by atoms with E-state index >= 15 is 0 Å². The molecule has 0 saturated carbocycles. The molecule has 0 spiro atoms. The fourth-order valence-corrected chi connectivity index (χ4v) is 5.36. The van der Waals surface area contributed by atoms with Crippen molar-refractivity contribution in [3.05, 3.63) is 70.5 Å². The predicted molar refractivity (Wildman–Crippen MR) is 117 cm³/mol. The molecule has 2 aromatic carbocycles. The Kier molecular flexibility index (Phi) is 5.10. The van der Waals surface area contributed by atoms with Gasteiger partial charge < -0.3 is 9.64 Å². The average Bonchev–Trinajstić information content (AvgIpc) is 3.25. The molecule has 2 saturated heterocycles. The molecule has 2 fully saturated rings. The Morgan fingerprint density at radius 2 is 1.88 bits per heavy atom. The van der Waals surface area contributed by atoms with E-state index < -0.39 is 35.6 Å². The van der Waals surface area contributed by atoms with Gasteiger partial charge in [-0.15, -0.1) is 0 Å². The Balaban J connectivity index is 1.64. The number of amides is 2. The Bertz CT molecular complexity index is 1170. The summed E-state index contributed by atoms with van der Waals surface area (Å²) in [4.78, 5) is 43.5. The van der Waals surface area contributed by atoms with Gasteiger partial charge in [0.2, 0.25) is 11.8 Å². The molecule has 2 amide bonds. The number of halogens is 2. The van der Waals surface area contributed by atoms with Crippen molar-refractivity contribution >= 4 is 41.0 Å². The molecule has 3 heterocycles. The Hall–Kier alpha value is -3.03. The zero-order valence-corrected chi connectivity index (χ0v) is 18.0. The van der Waals surface area contributed by atoms with E-state index in [4.69, 9.17) is 16.3 Å². The highest BCUT2D eigenvalue weighted by molar-refractivity contribution is 6.34. The van der Waals surface area contributed by atoms with E-state index in [1.807, 2.05) is 0 Å². The number of fused-ring (bicyclic) bond motifs is 5. The van der Waals surface area contributed by atoms with Crippen LogP contribution in [0.15, 0.2) is 48.5 Å². The summed E-state index contributed by atoms with van der Waals surface area (Å²) in [5.74, 6) is -3.05. The lowest BCUT2D eigenvalue weighted by Gasteiger charge is -2.36. The first kappa shape index (κ1) is 20.8. The number of hydrogen-bond donors (Lipinski definition) is 0. The van der Waals surface area contributed by atoms with Crippen molar-refractivity contribution in [2.24, 2.45) is 11.8 Å². The van der Waals surface area contributed by atoms with Gasteiger partial charge in [0, 0.05) is 23.9 Å². The summed E-state index contributed by atoms with van der Waals surface area (Å²) in [6, 6.07) is 9.49. The molecule has 0 aromatic heterocycles. The van der Waals surface area contributed by atoms with Crippen molar-refractivity contribution < 1.29 is 23.5 Å². The van der Waals surface area contributed by atoms with Crippen molar-refractivity contribution in [1.29, 1.82) is 0 Å². The third-order valence-corrected chi connectivity index (χ3v) is 6.82. The van der Waals surface area contributed by atoms with E-state index in [2.05, 4.69) is 0 Å². The zero-order chi connectivity index (χ0) is 22.6. The number of rotatable bonds is 5. The van der Waals surface area contributed by atoms with Crippen LogP contribution in [-0.2, 0) is 14.3 Å². The Morgan fingerprint density at radius 1 is 1.12 bits per heavy atom. The molecular formula is C24H20ClFN2O4. The van der Waals surface area contributed by atoms with Crippen LogP contribution in [-0.4, -0.2) is 54.8 Å². The van der Waals surface area contributed by atoms with Gasteiger partial charge in [0.1, 0.15) is 11.9 Å². The lowest BCUT2D eigenvalue weighted by atomic mass is 9.86. The summed E-state index contributed by atoms with van der Waals surface area (Å²) < 4.78 is 18.9. The second-order valence-electron chi connectivity index (χ2n) is 8.12. The Morgan fingerprint density at radius 3 is 2.62 bits per heavy atom. The third kappa shape index (κ3) is 2.99. The zero-order valence-electron chi connectivity index (χ0n) is 17.2. The SMILES string of the molecule is COCCN1C(=O)[C@@H]2[C@H](C1=O)[C@@H](C(=O)c1ccccc1Cl)N1c3ccc(F)cc3C=C[C@@H]21. The molecule has 0 N–H and O–H groups in total. The summed E-state index contributed by atoms with van der Waals surface area (Å²) in [5, 5.41) is 0.275. The smallest absolute Gasteiger partial charge is 0.235 e. The van der Waals surface area contributed by atoms with Crippen LogP contribution in [0.1, 0.15) is 15.9 Å². The van der Waals surface area contributed by atoms with Crippen molar-refractivity contribution in [1.82, 2.24) is 4.90 Å². The molecule has 3 aliphatic heterocycles. The van der Waals surface area contributed by atoms with Crippen LogP contribution in [0.5, 0.6) is 0 Å². The number of hydrogen-bond acceptors (Lipinski definition) is 5. The predicted octanol–water partition coefficient (Wildman–Crippen LogP) is 3.19. The number of imide groups is 1. The van der Waals surface area contributed by atoms with Crippen LogP contribution < -0.4 is 4.90 Å². The summed E-state index contributed by atoms with van der Waals surface area (Å²) in [5.41, 5.74) is 1.49. The quantitative estimate of drug-likeness (QED) is 0.512. The topological polar surface area (TPSA) is 66.9 Å². The van der Waals surface area contributed by atoms with Crippen LogP contribution in [0.25, 0.3) is 6.08 Å². The number of ketones is 1. The van der Waals surface area contributed by atoms with E-state index in [0.29, 0.717) is 11.3 Å². The van der Waals surface area contributed by atoms with Crippen LogP contribution in [0.3, 0.4) is 0 Å². The molecule has 2 aromatic rings. The summed E-state index contributed by atoms with van der Waals surface area (Å²) in [6.45, 7) is 0.346. The molecule has 164 valence electrons. The van der Waals surface area contributed by atoms with Gasteiger partial charge in [-0.1, -0.05) is 35.9 Å². The standard InChI is InChI=1S/C24H20ClFN2O4/c1-32-11-10-27-23(30)19-18-8-6-13-12-14(26)7-9-17(13)28(18)21(20(19)24(27)31)22(29)15-4-2-3-5-16(15)25/h2-9,12,18-21H,10-11H2,1H3/t18-,19-,20-,21-/m0/s1. The van der Waals surface area contributed by atoms with Crippen LogP contribution in [0.2, 0.25) is 5.02 Å². The fraction of sp³-hybridized carbons (Fsp3) is 0.292. The first-order chi connectivity index (χ1) is 15.4. The summed E-state index contributed by atoms with van der Waals surface area (Å²) >= 11 is 6.32. The number of likely N-dealkylation sites (tertiary alicyclic amines) is 1. The molecule has 8 heteroatoms. The number of anilines is 1. The Labute approximate surface area is 189 Å². The first-order valence-electron chi connectivity index (χ1n) is 10.3. The third-order valence-electron chi connectivity index (χ3n) is 6.49. The van der Waals surface area contributed by atoms with E-state index in [1.165, 1.54) is 24.1 Å². The lowest BCUT2D eigenvalue weighted by Crippen LogP contribution is -2.49. The van der Waals surface area contributed by atoms with E-state index in [9.17, 15) is 18.8 Å². The molecule has 4 atom stereocenters. The highest BCUT2D eigenvalue weighted by atomic mass is 35.5. The second kappa shape index (κ2) is 7.83. The second-order valence-corrected chi connectivity index (χ2v) is 8.53. The largest absolute Gasteiger partial charge is 0.383 e. The number of carbonyl (C=O) groups is 3. The van der Waals surface area contributed by atoms with E-state index in [0.717, 1.165) is 0 Å². The van der Waals surface area contributed by atoms with E-state index in [-0.39, 0.29) is 35.4 Å². The number of benzene rings is 2. The molecule has 5 rings (SSSR count). The van der Waals surface area contributed by atoms with Crippen molar-refractivity contribution in [3.8, 4) is 0 Å². The molecule has 6 nitrogen and oxygen atoms in total. The van der Waals surface area contributed by atoms with Gasteiger partial charge >= 0.3 is 0 Å². The number of nitrogens with zero attached hydrogens (tertiary/aromatic N) is 2. The highest BCUT2D eigenvalue weighted by Gasteiger charge is 2.63. The maximum Gasteiger partial charge on any atom is 0.235 e. The van der Waals surface area contributed by atoms with Crippen molar-refractivity contribution in [2.75, 3.05) is 25.2 Å². The van der Waals surface area contributed by atoms with Crippen LogP contribution in [0, 0.1) is 17.7 Å². The molecule has 0 radical (unpaired) electrons. The van der Waals surface area contributed by atoms with Gasteiger partial charge in [-0.05, 0) is 30.3 Å². The van der Waals surface area contributed by atoms with Gasteiger partial charge in [0.25, 0.3) is 0 Å². The maximum absolute atomic E-state index is 13.9. The minimum atomic E-state index is -0.942. The number of Topliss-reactive ketones (excluding diaryl/α,β-unsaturated/α-hetero) is 1. The fourth-order valence-electron chi connectivity index (χ4n) is 5.13. The number of methoxy groups -OCH3 is 1. The molecule has 0 bridgehead atoms. The first-order valence-corrected chi connectivity index (χ1v) is 10.7. The van der Waals surface area contributed by atoms with Gasteiger partial charge in [0.15, 0.2) is 5.78 Å². The van der Waals surface area contributed by atoms with Gasteiger partial charge in [-0.2, -0.15) is 0 Å². The van der Waals surface area contributed by atoms with Gasteiger partial charge in [-0.3, -0.25) is 19.3 Å². The van der Waals surface area contributed by atoms with Crippen molar-refractivity contribution in [3.63, 3.8) is 0 Å². The molecule has 0 unspecified atom stereocenters. The lowest BCUT2D eigenvalue weighted by molar-refractivity contribution is -0.141. The molecule has 0 aliphatic carbocycles. The van der Waals surface area contributed by atoms with Gasteiger partial charge in [-0.25, -0.2) is 4.39 Å². The minimum absolute atomic E-state index is 0.131. The van der Waals surface area contributed by atoms with E-state index in [1.54, 1.807) is 47.4 Å². The number of carbonyl (C=O) groups excluding carboxylic acids is 3.